The molecule has 0 radical (unpaired) electrons. The monoisotopic (exact) mass is 276 g/mol. The second kappa shape index (κ2) is 6.41. The second-order valence-electron chi connectivity index (χ2n) is 5.31. The van der Waals surface area contributed by atoms with Gasteiger partial charge in [0, 0.05) is 18.2 Å². The van der Waals surface area contributed by atoms with E-state index in [1.807, 2.05) is 24.3 Å². The van der Waals surface area contributed by atoms with Crippen LogP contribution in [0.1, 0.15) is 31.2 Å². The van der Waals surface area contributed by atoms with Gasteiger partial charge in [0.1, 0.15) is 0 Å². The van der Waals surface area contributed by atoms with Gasteiger partial charge < -0.3 is 16.2 Å². The van der Waals surface area contributed by atoms with E-state index in [0.717, 1.165) is 18.4 Å². The number of carboxylic acid groups (broad SMARTS) is 1. The maximum Gasteiger partial charge on any atom is 0.305 e. The van der Waals surface area contributed by atoms with Crippen LogP contribution in [0, 0.1) is 5.92 Å². The van der Waals surface area contributed by atoms with Gasteiger partial charge in [-0.15, -0.1) is 0 Å². The molecule has 0 saturated heterocycles. The first-order valence-corrected chi connectivity index (χ1v) is 6.91. The lowest BCUT2D eigenvalue weighted by atomic mass is 10.1. The molecule has 1 aliphatic carbocycles. The highest BCUT2D eigenvalue weighted by Gasteiger charge is 2.33. The molecule has 1 aliphatic rings. The van der Waals surface area contributed by atoms with E-state index >= 15 is 0 Å². The Morgan fingerprint density at radius 1 is 1.35 bits per heavy atom. The Bertz CT molecular complexity index is 498. The van der Waals surface area contributed by atoms with E-state index in [1.165, 1.54) is 0 Å². The van der Waals surface area contributed by atoms with Gasteiger partial charge in [-0.3, -0.25) is 9.59 Å². The molecule has 5 nitrogen and oxygen atoms in total. The van der Waals surface area contributed by atoms with Crippen LogP contribution in [0.15, 0.2) is 24.3 Å². The number of nitrogen functional groups attached to an aromatic ring is 1. The van der Waals surface area contributed by atoms with Crippen molar-refractivity contribution in [2.75, 3.05) is 5.73 Å². The molecule has 2 rings (SSSR count). The van der Waals surface area contributed by atoms with Crippen molar-refractivity contribution in [3.8, 4) is 0 Å². The summed E-state index contributed by atoms with van der Waals surface area (Å²) in [6.07, 6.45) is 2.91. The van der Waals surface area contributed by atoms with Crippen LogP contribution in [-0.2, 0) is 16.0 Å². The van der Waals surface area contributed by atoms with Crippen LogP contribution in [0.4, 0.5) is 5.69 Å². The first-order chi connectivity index (χ1) is 9.56. The van der Waals surface area contributed by atoms with Crippen molar-refractivity contribution in [2.24, 2.45) is 5.92 Å². The van der Waals surface area contributed by atoms with Gasteiger partial charge in [-0.2, -0.15) is 0 Å². The summed E-state index contributed by atoms with van der Waals surface area (Å²) < 4.78 is 0. The van der Waals surface area contributed by atoms with Crippen LogP contribution in [0.3, 0.4) is 0 Å². The molecular weight excluding hydrogens is 256 g/mol. The number of nitrogens with two attached hydrogens (primary N) is 1. The van der Waals surface area contributed by atoms with E-state index in [1.54, 1.807) is 0 Å². The highest BCUT2D eigenvalue weighted by atomic mass is 16.4. The van der Waals surface area contributed by atoms with Crippen molar-refractivity contribution in [2.45, 2.75) is 38.1 Å². The molecule has 0 aliphatic heterocycles. The average Bonchev–Trinajstić information content (AvgIpc) is 3.21. The Morgan fingerprint density at radius 3 is 2.65 bits per heavy atom. The van der Waals surface area contributed by atoms with Crippen molar-refractivity contribution in [1.29, 1.82) is 0 Å². The number of anilines is 1. The maximum atomic E-state index is 11.9. The first-order valence-electron chi connectivity index (χ1n) is 6.91. The minimum absolute atomic E-state index is 0.00385. The molecule has 108 valence electrons. The molecular formula is C15H20N2O3. The van der Waals surface area contributed by atoms with Crippen molar-refractivity contribution >= 4 is 17.6 Å². The Kier molecular flexibility index (Phi) is 4.61. The fourth-order valence-corrected chi connectivity index (χ4v) is 2.31. The third-order valence-electron chi connectivity index (χ3n) is 3.61. The molecule has 1 fully saturated rings. The van der Waals surface area contributed by atoms with E-state index in [2.05, 4.69) is 5.32 Å². The Balaban J connectivity index is 1.82. The molecule has 4 N–H and O–H groups in total. The highest BCUT2D eigenvalue weighted by Crippen LogP contribution is 2.34. The molecule has 1 saturated carbocycles. The predicted octanol–water partition coefficient (Wildman–Crippen LogP) is 1.57. The van der Waals surface area contributed by atoms with Crippen LogP contribution in [0.5, 0.6) is 0 Å². The van der Waals surface area contributed by atoms with E-state index in [4.69, 9.17) is 10.8 Å². The molecule has 1 aromatic carbocycles. The molecule has 1 aromatic rings. The summed E-state index contributed by atoms with van der Waals surface area (Å²) >= 11 is 0. The Morgan fingerprint density at radius 2 is 2.05 bits per heavy atom. The van der Waals surface area contributed by atoms with Gasteiger partial charge in [0.25, 0.3) is 0 Å². The highest BCUT2D eigenvalue weighted by molar-refractivity contribution is 5.78. The summed E-state index contributed by atoms with van der Waals surface area (Å²) in [5, 5.41) is 11.7. The molecule has 1 unspecified atom stereocenters. The summed E-state index contributed by atoms with van der Waals surface area (Å²) in [4.78, 5) is 22.7. The molecule has 1 atom stereocenters. The number of carboxylic acids is 1. The van der Waals surface area contributed by atoms with Gasteiger partial charge in [0.05, 0.1) is 6.42 Å². The molecule has 20 heavy (non-hydrogen) atoms. The number of carbonyl (C=O) groups is 2. The van der Waals surface area contributed by atoms with Gasteiger partial charge in [-0.1, -0.05) is 18.2 Å². The van der Waals surface area contributed by atoms with Crippen LogP contribution in [0.2, 0.25) is 0 Å². The number of carbonyl (C=O) groups excluding carboxylic acids is 1. The molecule has 0 aromatic heterocycles. The zero-order chi connectivity index (χ0) is 14.5. The van der Waals surface area contributed by atoms with E-state index in [-0.39, 0.29) is 18.4 Å². The summed E-state index contributed by atoms with van der Waals surface area (Å²) in [7, 11) is 0. The van der Waals surface area contributed by atoms with Gasteiger partial charge in [0.2, 0.25) is 5.91 Å². The van der Waals surface area contributed by atoms with Gasteiger partial charge >= 0.3 is 5.97 Å². The zero-order valence-electron chi connectivity index (χ0n) is 11.3. The van der Waals surface area contributed by atoms with Crippen LogP contribution < -0.4 is 11.1 Å². The van der Waals surface area contributed by atoms with Crippen molar-refractivity contribution < 1.29 is 14.7 Å². The lowest BCUT2D eigenvalue weighted by Crippen LogP contribution is -2.38. The number of amides is 1. The normalized spacial score (nSPS) is 15.6. The van der Waals surface area contributed by atoms with E-state index < -0.39 is 5.97 Å². The van der Waals surface area contributed by atoms with E-state index in [9.17, 15) is 9.59 Å². The van der Waals surface area contributed by atoms with Gasteiger partial charge in [0.15, 0.2) is 0 Å². The number of para-hydroxylation sites is 1. The topological polar surface area (TPSA) is 92.4 Å². The van der Waals surface area contributed by atoms with Crippen LogP contribution in [-0.4, -0.2) is 23.0 Å². The Hall–Kier alpha value is -2.04. The van der Waals surface area contributed by atoms with Crippen LogP contribution in [0.25, 0.3) is 0 Å². The largest absolute Gasteiger partial charge is 0.481 e. The number of hydrogen-bond donors (Lipinski definition) is 3. The number of rotatable bonds is 7. The van der Waals surface area contributed by atoms with E-state index in [0.29, 0.717) is 24.4 Å². The average molecular weight is 276 g/mol. The lowest BCUT2D eigenvalue weighted by Gasteiger charge is -2.16. The Labute approximate surface area is 118 Å². The number of benzene rings is 1. The standard InChI is InChI=1S/C15H20N2O3/c16-12-4-2-1-3-10(12)7-8-14(18)17-13(9-15(19)20)11-5-6-11/h1-4,11,13H,5-9,16H2,(H,17,18)(H,19,20). The summed E-state index contributed by atoms with van der Waals surface area (Å²) in [6, 6.07) is 7.23. The van der Waals surface area contributed by atoms with Crippen molar-refractivity contribution in [3.05, 3.63) is 29.8 Å². The summed E-state index contributed by atoms with van der Waals surface area (Å²) in [5.74, 6) is -0.641. The SMILES string of the molecule is Nc1ccccc1CCC(=O)NC(CC(=O)O)C1CC1. The molecule has 0 spiro atoms. The third-order valence-corrected chi connectivity index (χ3v) is 3.61. The molecule has 0 bridgehead atoms. The number of aliphatic carboxylic acids is 1. The minimum atomic E-state index is -0.866. The quantitative estimate of drug-likeness (QED) is 0.659. The van der Waals surface area contributed by atoms with Crippen molar-refractivity contribution in [1.82, 2.24) is 5.32 Å². The molecule has 1 amide bonds. The summed E-state index contributed by atoms with van der Waals surface area (Å²) in [5.41, 5.74) is 7.46. The number of aryl methyl sites for hydroxylation is 1. The molecule has 5 heteroatoms. The van der Waals surface area contributed by atoms with Crippen molar-refractivity contribution in [3.63, 3.8) is 0 Å². The van der Waals surface area contributed by atoms with Gasteiger partial charge in [-0.05, 0) is 36.8 Å². The third kappa shape index (κ3) is 4.26. The first kappa shape index (κ1) is 14.4. The number of hydrogen-bond acceptors (Lipinski definition) is 3. The van der Waals surface area contributed by atoms with Crippen LogP contribution >= 0.6 is 0 Å². The molecule has 0 heterocycles. The summed E-state index contributed by atoms with van der Waals surface area (Å²) in [6.45, 7) is 0. The fourth-order valence-electron chi connectivity index (χ4n) is 2.31. The smallest absolute Gasteiger partial charge is 0.305 e. The maximum absolute atomic E-state index is 11.9. The van der Waals surface area contributed by atoms with Gasteiger partial charge in [-0.25, -0.2) is 0 Å². The lowest BCUT2D eigenvalue weighted by molar-refractivity contribution is -0.137. The predicted molar refractivity (Wildman–Crippen MR) is 76.1 cm³/mol. The minimum Gasteiger partial charge on any atom is -0.481 e. The fraction of sp³-hybridized carbons (Fsp3) is 0.467. The second-order valence-corrected chi connectivity index (χ2v) is 5.31. The zero-order valence-corrected chi connectivity index (χ0v) is 11.3. The number of nitrogens with one attached hydrogen (secondary N) is 1.